The Balaban J connectivity index is 0. The number of aromatic amines is 1. The summed E-state index contributed by atoms with van der Waals surface area (Å²) in [6, 6.07) is -0.312. The summed E-state index contributed by atoms with van der Waals surface area (Å²) in [4.78, 5) is 25.9. The van der Waals surface area contributed by atoms with E-state index in [1.165, 1.54) is 19.4 Å². The third kappa shape index (κ3) is 16.7. The van der Waals surface area contributed by atoms with E-state index in [1.807, 2.05) is 34.6 Å². The van der Waals surface area contributed by atoms with Crippen LogP contribution in [-0.4, -0.2) is 63.5 Å². The zero-order valence-corrected chi connectivity index (χ0v) is 26.7. The Morgan fingerprint density at radius 2 is 1.80 bits per heavy atom. The lowest BCUT2D eigenvalue weighted by Crippen LogP contribution is -2.35. The molecule has 1 aromatic rings. The maximum absolute atomic E-state index is 12.4. The molecule has 0 saturated carbocycles. The van der Waals surface area contributed by atoms with Crippen molar-refractivity contribution in [3.05, 3.63) is 40.4 Å². The Labute approximate surface area is 241 Å². The van der Waals surface area contributed by atoms with Gasteiger partial charge in [-0.05, 0) is 52.0 Å². The Bertz CT molecular complexity index is 892. The van der Waals surface area contributed by atoms with Gasteiger partial charge < -0.3 is 25.5 Å². The number of amides is 1. The average molecular weight is 573 g/mol. The van der Waals surface area contributed by atoms with Crippen molar-refractivity contribution in [2.24, 2.45) is 11.3 Å². The van der Waals surface area contributed by atoms with Crippen molar-refractivity contribution in [2.75, 3.05) is 26.3 Å². The Hall–Kier alpha value is -2.31. The lowest BCUT2D eigenvalue weighted by Gasteiger charge is -2.30. The quantitative estimate of drug-likeness (QED) is 0.143. The molecule has 2 unspecified atom stereocenters. The monoisotopic (exact) mass is 572 g/mol. The maximum atomic E-state index is 12.4. The molecule has 0 radical (unpaired) electrons. The molecule has 7 N–H and O–H groups in total. The highest BCUT2D eigenvalue weighted by atomic mass is 19.1. The number of H-pyrrole nitrogens is 1. The first-order valence-electron chi connectivity index (χ1n) is 14.1. The van der Waals surface area contributed by atoms with Crippen molar-refractivity contribution >= 4 is 5.91 Å². The summed E-state index contributed by atoms with van der Waals surface area (Å²) in [7, 11) is 0. The van der Waals surface area contributed by atoms with E-state index in [2.05, 4.69) is 41.5 Å². The van der Waals surface area contributed by atoms with E-state index in [0.717, 1.165) is 30.7 Å². The zero-order chi connectivity index (χ0) is 31.5. The van der Waals surface area contributed by atoms with Crippen LogP contribution in [0, 0.1) is 12.3 Å². The standard InChI is InChI=1S/C22H42N6O4.C4H7F.C3H8/c1-8-9-10-28(23)16(4)14(2)13-32-27-19(22(5,6)7)20-25-15(3)18(26-20)21(31)24-11-17(30)12-29;1-3-4(2)5;1-3-2/h17,19,27,29-30H,8-13,23H2,1-7H3,(H,24,31)(H,25,26);3H,1-2H3;3H2,1-2H3/b16-14-;4-3+;. The first kappa shape index (κ1) is 39.8. The summed E-state index contributed by atoms with van der Waals surface area (Å²) in [5.41, 5.74) is 5.66. The number of hydroxylamine groups is 1. The van der Waals surface area contributed by atoms with Crippen LogP contribution in [0.3, 0.4) is 0 Å². The molecular weight excluding hydrogens is 515 g/mol. The highest BCUT2D eigenvalue weighted by Crippen LogP contribution is 2.31. The maximum Gasteiger partial charge on any atom is 0.271 e. The number of nitrogens with two attached hydrogens (primary N) is 1. The molecule has 0 aliphatic carbocycles. The number of carbonyl (C=O) groups excluding carboxylic acids is 1. The second-order valence-electron chi connectivity index (χ2n) is 10.8. The smallest absolute Gasteiger partial charge is 0.271 e. The van der Waals surface area contributed by atoms with Crippen LogP contribution in [0.5, 0.6) is 0 Å². The minimum absolute atomic E-state index is 0.0532. The topological polar surface area (TPSA) is 149 Å². The van der Waals surface area contributed by atoms with Crippen molar-refractivity contribution in [1.29, 1.82) is 0 Å². The molecule has 2 atom stereocenters. The number of aliphatic hydroxyl groups excluding tert-OH is 2. The van der Waals surface area contributed by atoms with Crippen molar-refractivity contribution in [3.63, 3.8) is 0 Å². The van der Waals surface area contributed by atoms with Crippen molar-refractivity contribution in [2.45, 2.75) is 108 Å². The number of allylic oxidation sites excluding steroid dienone is 3. The largest absolute Gasteiger partial charge is 0.394 e. The molecule has 0 spiro atoms. The number of imidazole rings is 1. The summed E-state index contributed by atoms with van der Waals surface area (Å²) in [6.45, 7) is 22.0. The summed E-state index contributed by atoms with van der Waals surface area (Å²) < 4.78 is 11.3. The average Bonchev–Trinajstić information content (AvgIpc) is 3.28. The molecule has 1 amide bonds. The van der Waals surface area contributed by atoms with Crippen LogP contribution in [0.2, 0.25) is 0 Å². The molecule has 0 saturated heterocycles. The molecule has 0 aromatic carbocycles. The molecule has 40 heavy (non-hydrogen) atoms. The third-order valence-corrected chi connectivity index (χ3v) is 5.66. The van der Waals surface area contributed by atoms with Gasteiger partial charge in [0.1, 0.15) is 11.5 Å². The predicted molar refractivity (Wildman–Crippen MR) is 161 cm³/mol. The lowest BCUT2D eigenvalue weighted by atomic mass is 9.87. The van der Waals surface area contributed by atoms with E-state index in [1.54, 1.807) is 18.9 Å². The highest BCUT2D eigenvalue weighted by Gasteiger charge is 2.31. The lowest BCUT2D eigenvalue weighted by molar-refractivity contribution is -0.00439. The second-order valence-corrected chi connectivity index (χ2v) is 10.8. The molecule has 0 bridgehead atoms. The van der Waals surface area contributed by atoms with Crippen molar-refractivity contribution < 1.29 is 24.2 Å². The number of aryl methyl sites for hydroxylation is 1. The van der Waals surface area contributed by atoms with Crippen LogP contribution in [0.1, 0.15) is 117 Å². The number of rotatable bonds is 13. The molecular formula is C29H57FN6O4. The summed E-state index contributed by atoms with van der Waals surface area (Å²) >= 11 is 0. The number of aromatic nitrogens is 2. The van der Waals surface area contributed by atoms with Gasteiger partial charge in [-0.1, -0.05) is 60.5 Å². The molecule has 11 heteroatoms. The molecule has 1 heterocycles. The first-order valence-corrected chi connectivity index (χ1v) is 14.1. The predicted octanol–water partition coefficient (Wildman–Crippen LogP) is 4.98. The first-order chi connectivity index (χ1) is 18.6. The molecule has 1 aromatic heterocycles. The number of carbonyl (C=O) groups is 1. The van der Waals surface area contributed by atoms with Crippen molar-refractivity contribution in [1.82, 2.24) is 25.8 Å². The van der Waals surface area contributed by atoms with Crippen molar-refractivity contribution in [3.8, 4) is 0 Å². The zero-order valence-electron chi connectivity index (χ0n) is 26.7. The molecule has 10 nitrogen and oxygen atoms in total. The van der Waals surface area contributed by atoms with Gasteiger partial charge in [-0.3, -0.25) is 9.63 Å². The van der Waals surface area contributed by atoms with E-state index in [9.17, 15) is 14.3 Å². The van der Waals surface area contributed by atoms with Crippen LogP contribution < -0.4 is 16.6 Å². The number of nitrogens with zero attached hydrogens (tertiary/aromatic N) is 2. The van der Waals surface area contributed by atoms with E-state index in [0.29, 0.717) is 18.1 Å². The number of nitrogens with one attached hydrogen (secondary N) is 3. The van der Waals surface area contributed by atoms with Gasteiger partial charge in [-0.25, -0.2) is 15.2 Å². The van der Waals surface area contributed by atoms with Gasteiger partial charge in [-0.15, -0.1) is 0 Å². The van der Waals surface area contributed by atoms with Crippen LogP contribution >= 0.6 is 0 Å². The van der Waals surface area contributed by atoms with E-state index in [-0.39, 0.29) is 29.5 Å². The van der Waals surface area contributed by atoms with Gasteiger partial charge in [-0.2, -0.15) is 5.48 Å². The van der Waals surface area contributed by atoms with E-state index in [4.69, 9.17) is 15.8 Å². The Morgan fingerprint density at radius 3 is 2.25 bits per heavy atom. The number of aliphatic hydroxyl groups is 2. The summed E-state index contributed by atoms with van der Waals surface area (Å²) in [6.07, 6.45) is 3.76. The highest BCUT2D eigenvalue weighted by molar-refractivity contribution is 5.93. The number of hydrogen-bond donors (Lipinski definition) is 6. The van der Waals surface area contributed by atoms with Gasteiger partial charge in [0.15, 0.2) is 0 Å². The number of unbranched alkanes of at least 4 members (excludes halogenated alkanes) is 1. The number of halogens is 1. The molecule has 1 rings (SSSR count). The summed E-state index contributed by atoms with van der Waals surface area (Å²) in [5, 5.41) is 22.7. The Kier molecular flexibility index (Phi) is 21.3. The van der Waals surface area contributed by atoms with Gasteiger partial charge >= 0.3 is 0 Å². The molecule has 0 aliphatic heterocycles. The SMILES string of the molecule is C/C=C(\C)F.CCC.CCCCN(N)/C(C)=C(/C)CONC(c1nc(C(=O)NCC(O)CO)c(C)[nH]1)C(C)(C)C. The third-order valence-electron chi connectivity index (χ3n) is 5.66. The van der Waals surface area contributed by atoms with E-state index >= 15 is 0 Å². The molecule has 234 valence electrons. The van der Waals surface area contributed by atoms with Crippen LogP contribution in [0.25, 0.3) is 0 Å². The Morgan fingerprint density at radius 1 is 1.25 bits per heavy atom. The summed E-state index contributed by atoms with van der Waals surface area (Å²) in [5.74, 6) is 6.15. The minimum Gasteiger partial charge on any atom is -0.394 e. The van der Waals surface area contributed by atoms with Crippen LogP contribution in [0.4, 0.5) is 4.39 Å². The van der Waals surface area contributed by atoms with Gasteiger partial charge in [0.05, 0.1) is 31.2 Å². The van der Waals surface area contributed by atoms with Crippen LogP contribution in [0.15, 0.2) is 23.2 Å². The number of hydrogen-bond acceptors (Lipinski definition) is 8. The fourth-order valence-corrected chi connectivity index (χ4v) is 2.92. The molecule has 0 fully saturated rings. The minimum atomic E-state index is -1.01. The molecule has 0 aliphatic rings. The second kappa shape index (κ2) is 21.4. The van der Waals surface area contributed by atoms with E-state index < -0.39 is 18.6 Å². The van der Waals surface area contributed by atoms with Crippen LogP contribution in [-0.2, 0) is 4.84 Å². The van der Waals surface area contributed by atoms with Gasteiger partial charge in [0, 0.05) is 24.5 Å². The van der Waals surface area contributed by atoms with Gasteiger partial charge in [0.2, 0.25) is 0 Å². The fourth-order valence-electron chi connectivity index (χ4n) is 2.92. The normalized spacial score (nSPS) is 13.7. The number of hydrazine groups is 1. The fraction of sp³-hybridized carbons (Fsp3) is 0.724. The van der Waals surface area contributed by atoms with Gasteiger partial charge in [0.25, 0.3) is 5.91 Å².